The molecule has 2 aromatic rings. The molecule has 0 saturated heterocycles. The Hall–Kier alpha value is -1.17. The highest BCUT2D eigenvalue weighted by atomic mass is 79.9. The van der Waals surface area contributed by atoms with Crippen molar-refractivity contribution in [2.24, 2.45) is 0 Å². The summed E-state index contributed by atoms with van der Waals surface area (Å²) in [7, 11) is 1.71. The normalized spacial score (nSPS) is 12.6. The first-order valence-electron chi connectivity index (χ1n) is 7.17. The number of halogens is 1. The third-order valence-electron chi connectivity index (χ3n) is 3.43. The zero-order chi connectivity index (χ0) is 15.2. The van der Waals surface area contributed by atoms with Crippen molar-refractivity contribution in [1.29, 1.82) is 0 Å². The summed E-state index contributed by atoms with van der Waals surface area (Å²) in [5.74, 6) is 0. The SMILES string of the molecule is CCNC(c1ccc(C)cc1)c1c(Br)cnn1CCOC. The number of aromatic nitrogens is 2. The Morgan fingerprint density at radius 2 is 2.05 bits per heavy atom. The number of nitrogens with zero attached hydrogens (tertiary/aromatic N) is 2. The average Bonchev–Trinajstić information content (AvgIpc) is 2.84. The summed E-state index contributed by atoms with van der Waals surface area (Å²) in [4.78, 5) is 0. The standard InChI is InChI=1S/C16H22BrN3O/c1-4-18-15(13-7-5-12(2)6-8-13)16-14(17)11-19-20(16)9-10-21-3/h5-8,11,15,18H,4,9-10H2,1-3H3. The molecule has 21 heavy (non-hydrogen) atoms. The summed E-state index contributed by atoms with van der Waals surface area (Å²) < 4.78 is 8.19. The summed E-state index contributed by atoms with van der Waals surface area (Å²) >= 11 is 3.63. The Bertz CT molecular complexity index is 565. The highest BCUT2D eigenvalue weighted by Crippen LogP contribution is 2.28. The van der Waals surface area contributed by atoms with Crippen LogP contribution in [0.4, 0.5) is 0 Å². The quantitative estimate of drug-likeness (QED) is 0.831. The van der Waals surface area contributed by atoms with Gasteiger partial charge in [-0.1, -0.05) is 36.8 Å². The van der Waals surface area contributed by atoms with Crippen LogP contribution in [0.1, 0.15) is 29.8 Å². The number of nitrogens with one attached hydrogen (secondary N) is 1. The van der Waals surface area contributed by atoms with Gasteiger partial charge in [0.15, 0.2) is 0 Å². The van der Waals surface area contributed by atoms with E-state index in [2.05, 4.69) is 64.5 Å². The van der Waals surface area contributed by atoms with Crippen molar-refractivity contribution in [1.82, 2.24) is 15.1 Å². The van der Waals surface area contributed by atoms with Crippen molar-refractivity contribution in [2.75, 3.05) is 20.3 Å². The van der Waals surface area contributed by atoms with Gasteiger partial charge in [-0.3, -0.25) is 4.68 Å². The van der Waals surface area contributed by atoms with Gasteiger partial charge in [-0.25, -0.2) is 0 Å². The molecule has 114 valence electrons. The molecule has 1 N–H and O–H groups in total. The smallest absolute Gasteiger partial charge is 0.0759 e. The zero-order valence-electron chi connectivity index (χ0n) is 12.8. The van der Waals surface area contributed by atoms with Crippen LogP contribution < -0.4 is 5.32 Å². The van der Waals surface area contributed by atoms with Gasteiger partial charge < -0.3 is 10.1 Å². The van der Waals surface area contributed by atoms with Crippen LogP contribution in [0.5, 0.6) is 0 Å². The Morgan fingerprint density at radius 3 is 2.67 bits per heavy atom. The van der Waals surface area contributed by atoms with Gasteiger partial charge in [-0.05, 0) is 35.0 Å². The summed E-state index contributed by atoms with van der Waals surface area (Å²) in [6.07, 6.45) is 1.85. The molecule has 1 heterocycles. The van der Waals surface area contributed by atoms with E-state index in [0.717, 1.165) is 23.3 Å². The summed E-state index contributed by atoms with van der Waals surface area (Å²) in [6.45, 7) is 6.50. The molecule has 1 aromatic carbocycles. The molecular formula is C16H22BrN3O. The number of ether oxygens (including phenoxy) is 1. The van der Waals surface area contributed by atoms with Gasteiger partial charge in [0.25, 0.3) is 0 Å². The van der Waals surface area contributed by atoms with Gasteiger partial charge >= 0.3 is 0 Å². The predicted molar refractivity (Wildman–Crippen MR) is 88.5 cm³/mol. The molecule has 0 aliphatic heterocycles. The van der Waals surface area contributed by atoms with Gasteiger partial charge in [0.05, 0.1) is 35.6 Å². The van der Waals surface area contributed by atoms with Crippen LogP contribution in [-0.4, -0.2) is 30.0 Å². The van der Waals surface area contributed by atoms with E-state index in [1.54, 1.807) is 7.11 Å². The molecule has 0 saturated carbocycles. The Kier molecular flexibility index (Phi) is 5.96. The lowest BCUT2D eigenvalue weighted by molar-refractivity contribution is 0.182. The van der Waals surface area contributed by atoms with Gasteiger partial charge in [-0.2, -0.15) is 5.10 Å². The van der Waals surface area contributed by atoms with Crippen LogP contribution in [-0.2, 0) is 11.3 Å². The van der Waals surface area contributed by atoms with E-state index >= 15 is 0 Å². The summed E-state index contributed by atoms with van der Waals surface area (Å²) in [6, 6.07) is 8.74. The molecule has 1 aromatic heterocycles. The lowest BCUT2D eigenvalue weighted by atomic mass is 10.0. The van der Waals surface area contributed by atoms with E-state index in [-0.39, 0.29) is 6.04 Å². The molecule has 1 atom stereocenters. The van der Waals surface area contributed by atoms with Gasteiger partial charge in [0.1, 0.15) is 0 Å². The summed E-state index contributed by atoms with van der Waals surface area (Å²) in [5.41, 5.74) is 3.64. The molecule has 0 amide bonds. The molecule has 2 rings (SSSR count). The predicted octanol–water partition coefficient (Wildman–Crippen LogP) is 3.30. The minimum Gasteiger partial charge on any atom is -0.383 e. The maximum atomic E-state index is 5.17. The van der Waals surface area contributed by atoms with E-state index in [4.69, 9.17) is 4.74 Å². The van der Waals surface area contributed by atoms with Gasteiger partial charge in [0, 0.05) is 7.11 Å². The van der Waals surface area contributed by atoms with Crippen LogP contribution in [0.15, 0.2) is 34.9 Å². The molecule has 4 nitrogen and oxygen atoms in total. The Balaban J connectivity index is 2.37. The first kappa shape index (κ1) is 16.2. The van der Waals surface area contributed by atoms with Crippen molar-refractivity contribution < 1.29 is 4.74 Å². The Labute approximate surface area is 134 Å². The van der Waals surface area contributed by atoms with E-state index in [1.165, 1.54) is 11.1 Å². The topological polar surface area (TPSA) is 39.1 Å². The fraction of sp³-hybridized carbons (Fsp3) is 0.438. The Morgan fingerprint density at radius 1 is 1.33 bits per heavy atom. The second-order valence-electron chi connectivity index (χ2n) is 5.00. The lowest BCUT2D eigenvalue weighted by Gasteiger charge is -2.21. The number of aryl methyl sites for hydroxylation is 1. The number of hydrogen-bond acceptors (Lipinski definition) is 3. The van der Waals surface area contributed by atoms with E-state index < -0.39 is 0 Å². The number of hydrogen-bond donors (Lipinski definition) is 1. The molecular weight excluding hydrogens is 330 g/mol. The molecule has 5 heteroatoms. The van der Waals surface area contributed by atoms with Crippen LogP contribution >= 0.6 is 15.9 Å². The highest BCUT2D eigenvalue weighted by molar-refractivity contribution is 9.10. The van der Waals surface area contributed by atoms with Crippen molar-refractivity contribution in [2.45, 2.75) is 26.4 Å². The number of rotatable bonds is 7. The molecule has 0 spiro atoms. The third-order valence-corrected chi connectivity index (χ3v) is 4.04. The van der Waals surface area contributed by atoms with Crippen molar-refractivity contribution in [3.05, 3.63) is 51.8 Å². The van der Waals surface area contributed by atoms with Crippen LogP contribution in [0.25, 0.3) is 0 Å². The van der Waals surface area contributed by atoms with Crippen LogP contribution in [0.2, 0.25) is 0 Å². The maximum Gasteiger partial charge on any atom is 0.0759 e. The zero-order valence-corrected chi connectivity index (χ0v) is 14.4. The van der Waals surface area contributed by atoms with Crippen LogP contribution in [0.3, 0.4) is 0 Å². The van der Waals surface area contributed by atoms with Crippen LogP contribution in [0, 0.1) is 6.92 Å². The van der Waals surface area contributed by atoms with Gasteiger partial charge in [0.2, 0.25) is 0 Å². The fourth-order valence-corrected chi connectivity index (χ4v) is 2.88. The summed E-state index contributed by atoms with van der Waals surface area (Å²) in [5, 5.41) is 8.00. The minimum absolute atomic E-state index is 0.115. The van der Waals surface area contributed by atoms with Crippen molar-refractivity contribution >= 4 is 15.9 Å². The average molecular weight is 352 g/mol. The molecule has 0 radical (unpaired) electrons. The second kappa shape index (κ2) is 7.73. The number of methoxy groups -OCH3 is 1. The largest absolute Gasteiger partial charge is 0.383 e. The van der Waals surface area contributed by atoms with Gasteiger partial charge in [-0.15, -0.1) is 0 Å². The third kappa shape index (κ3) is 3.93. The van der Waals surface area contributed by atoms with E-state index in [0.29, 0.717) is 6.61 Å². The second-order valence-corrected chi connectivity index (χ2v) is 5.85. The minimum atomic E-state index is 0.115. The van der Waals surface area contributed by atoms with Crippen molar-refractivity contribution in [3.8, 4) is 0 Å². The number of benzene rings is 1. The maximum absolute atomic E-state index is 5.17. The molecule has 0 bridgehead atoms. The van der Waals surface area contributed by atoms with E-state index in [9.17, 15) is 0 Å². The molecule has 1 unspecified atom stereocenters. The van der Waals surface area contributed by atoms with Crippen molar-refractivity contribution in [3.63, 3.8) is 0 Å². The fourth-order valence-electron chi connectivity index (χ4n) is 2.35. The molecule has 0 aliphatic carbocycles. The molecule has 0 aliphatic rings. The molecule has 0 fully saturated rings. The first-order valence-corrected chi connectivity index (χ1v) is 7.96. The lowest BCUT2D eigenvalue weighted by Crippen LogP contribution is -2.26. The van der Waals surface area contributed by atoms with E-state index in [1.807, 2.05) is 10.9 Å². The highest BCUT2D eigenvalue weighted by Gasteiger charge is 2.21. The monoisotopic (exact) mass is 351 g/mol. The first-order chi connectivity index (χ1) is 10.2.